The molecule has 1 fully saturated rings. The zero-order valence-electron chi connectivity index (χ0n) is 15.7. The van der Waals surface area contributed by atoms with Crippen LogP contribution in [0.3, 0.4) is 0 Å². The van der Waals surface area contributed by atoms with Crippen LogP contribution in [0.4, 0.5) is 0 Å². The number of aryl methyl sites for hydroxylation is 1. The molecule has 1 saturated carbocycles. The number of ether oxygens (including phenoxy) is 1. The van der Waals surface area contributed by atoms with Crippen molar-refractivity contribution in [2.45, 2.75) is 78.9 Å². The molecule has 0 N–H and O–H groups in total. The summed E-state index contributed by atoms with van der Waals surface area (Å²) in [5, 5.41) is 8.98. The molecule has 4 atom stereocenters. The molecule has 0 bridgehead atoms. The molecular formula is C19H33N3O. The van der Waals surface area contributed by atoms with Crippen molar-refractivity contribution in [2.75, 3.05) is 6.61 Å². The number of rotatable bonds is 4. The number of fused-ring (bicyclic) bond motifs is 2. The minimum absolute atomic E-state index is 0.0183. The Morgan fingerprint density at radius 1 is 1.13 bits per heavy atom. The van der Waals surface area contributed by atoms with Crippen molar-refractivity contribution in [1.82, 2.24) is 15.0 Å². The fraction of sp³-hybridized carbons (Fsp3) is 0.895. The van der Waals surface area contributed by atoms with Crippen molar-refractivity contribution in [1.29, 1.82) is 0 Å². The summed E-state index contributed by atoms with van der Waals surface area (Å²) in [7, 11) is 0. The molecule has 0 aromatic carbocycles. The van der Waals surface area contributed by atoms with Gasteiger partial charge >= 0.3 is 0 Å². The maximum Gasteiger partial charge on any atom is 0.0859 e. The molecular weight excluding hydrogens is 286 g/mol. The first-order chi connectivity index (χ1) is 10.8. The van der Waals surface area contributed by atoms with Gasteiger partial charge in [0.25, 0.3) is 0 Å². The predicted octanol–water partition coefficient (Wildman–Crippen LogP) is 4.05. The second-order valence-electron chi connectivity index (χ2n) is 8.90. The van der Waals surface area contributed by atoms with Gasteiger partial charge in [0.1, 0.15) is 0 Å². The number of nitrogens with zero attached hydrogens (tertiary/aromatic N) is 3. The zero-order chi connectivity index (χ0) is 16.8. The second-order valence-corrected chi connectivity index (χ2v) is 8.90. The highest BCUT2D eigenvalue weighted by molar-refractivity contribution is 5.16. The van der Waals surface area contributed by atoms with Crippen LogP contribution in [0.2, 0.25) is 0 Å². The van der Waals surface area contributed by atoms with Crippen LogP contribution in [0.15, 0.2) is 0 Å². The third-order valence-electron chi connectivity index (χ3n) is 5.87. The Labute approximate surface area is 141 Å². The van der Waals surface area contributed by atoms with E-state index in [9.17, 15) is 0 Å². The Morgan fingerprint density at radius 2 is 1.78 bits per heavy atom. The van der Waals surface area contributed by atoms with E-state index in [0.717, 1.165) is 37.2 Å². The van der Waals surface area contributed by atoms with Crippen molar-refractivity contribution in [2.24, 2.45) is 23.7 Å². The molecule has 130 valence electrons. The Morgan fingerprint density at radius 3 is 2.39 bits per heavy atom. The van der Waals surface area contributed by atoms with Gasteiger partial charge in [-0.1, -0.05) is 19.1 Å². The third-order valence-corrected chi connectivity index (χ3v) is 5.87. The average Bonchev–Trinajstić information content (AvgIpc) is 2.94. The van der Waals surface area contributed by atoms with Crippen molar-refractivity contribution < 1.29 is 4.74 Å². The van der Waals surface area contributed by atoms with E-state index in [1.54, 1.807) is 0 Å². The highest BCUT2D eigenvalue weighted by Crippen LogP contribution is 2.53. The van der Waals surface area contributed by atoms with E-state index in [-0.39, 0.29) is 5.60 Å². The van der Waals surface area contributed by atoms with Gasteiger partial charge in [-0.25, -0.2) is 4.68 Å². The molecule has 1 aromatic rings. The maximum atomic E-state index is 6.05. The first kappa shape index (κ1) is 16.9. The first-order valence-electron chi connectivity index (χ1n) is 9.35. The lowest BCUT2D eigenvalue weighted by atomic mass is 10.00. The van der Waals surface area contributed by atoms with Crippen molar-refractivity contribution in [3.8, 4) is 0 Å². The Balaban J connectivity index is 1.65. The predicted molar refractivity (Wildman–Crippen MR) is 92.4 cm³/mol. The van der Waals surface area contributed by atoms with Crippen molar-refractivity contribution in [3.05, 3.63) is 11.4 Å². The SMILES string of the molecule is CC(C)C(C)n1nnc2c1CCC1C(CC2)C1COC(C)(C)C. The van der Waals surface area contributed by atoms with E-state index in [4.69, 9.17) is 4.74 Å². The Bertz CT molecular complexity index is 543. The molecule has 4 unspecified atom stereocenters. The summed E-state index contributed by atoms with van der Waals surface area (Å²) in [6.07, 6.45) is 4.75. The van der Waals surface area contributed by atoms with Crippen LogP contribution < -0.4 is 0 Å². The summed E-state index contributed by atoms with van der Waals surface area (Å²) in [6.45, 7) is 14.2. The van der Waals surface area contributed by atoms with Gasteiger partial charge in [-0.3, -0.25) is 0 Å². The summed E-state index contributed by atoms with van der Waals surface area (Å²) >= 11 is 0. The molecule has 0 aliphatic heterocycles. The van der Waals surface area contributed by atoms with Crippen LogP contribution in [-0.2, 0) is 17.6 Å². The fourth-order valence-corrected chi connectivity index (χ4v) is 3.99. The van der Waals surface area contributed by atoms with Gasteiger partial charge in [-0.05, 0) is 77.0 Å². The molecule has 0 spiro atoms. The smallest absolute Gasteiger partial charge is 0.0859 e. The summed E-state index contributed by atoms with van der Waals surface area (Å²) < 4.78 is 8.24. The minimum atomic E-state index is -0.0183. The Hall–Kier alpha value is -0.900. The summed E-state index contributed by atoms with van der Waals surface area (Å²) in [5.41, 5.74) is 2.63. The van der Waals surface area contributed by atoms with E-state index >= 15 is 0 Å². The molecule has 0 saturated heterocycles. The van der Waals surface area contributed by atoms with Gasteiger partial charge in [-0.15, -0.1) is 5.10 Å². The van der Waals surface area contributed by atoms with Crippen LogP contribution in [0.1, 0.15) is 71.8 Å². The van der Waals surface area contributed by atoms with E-state index in [1.807, 2.05) is 0 Å². The molecule has 0 amide bonds. The van der Waals surface area contributed by atoms with Crippen LogP contribution in [0.25, 0.3) is 0 Å². The Kier molecular flexibility index (Phi) is 4.56. The first-order valence-corrected chi connectivity index (χ1v) is 9.35. The lowest BCUT2D eigenvalue weighted by molar-refractivity contribution is -0.0122. The molecule has 2 aliphatic carbocycles. The largest absolute Gasteiger partial charge is 0.376 e. The molecule has 1 aromatic heterocycles. The summed E-state index contributed by atoms with van der Waals surface area (Å²) in [6, 6.07) is 0.431. The quantitative estimate of drug-likeness (QED) is 0.840. The van der Waals surface area contributed by atoms with Gasteiger partial charge in [0.15, 0.2) is 0 Å². The number of hydrogen-bond acceptors (Lipinski definition) is 3. The van der Waals surface area contributed by atoms with E-state index < -0.39 is 0 Å². The van der Waals surface area contributed by atoms with Crippen LogP contribution in [0.5, 0.6) is 0 Å². The molecule has 4 heteroatoms. The summed E-state index contributed by atoms with van der Waals surface area (Å²) in [5.74, 6) is 3.05. The summed E-state index contributed by atoms with van der Waals surface area (Å²) in [4.78, 5) is 0. The van der Waals surface area contributed by atoms with Gasteiger partial charge in [0.2, 0.25) is 0 Å². The molecule has 0 radical (unpaired) electrons. The van der Waals surface area contributed by atoms with Gasteiger partial charge in [0.05, 0.1) is 29.6 Å². The van der Waals surface area contributed by atoms with E-state index in [1.165, 1.54) is 24.2 Å². The number of aromatic nitrogens is 3. The lowest BCUT2D eigenvalue weighted by Crippen LogP contribution is -2.21. The lowest BCUT2D eigenvalue weighted by Gasteiger charge is -2.19. The van der Waals surface area contributed by atoms with Gasteiger partial charge in [-0.2, -0.15) is 0 Å². The van der Waals surface area contributed by atoms with Gasteiger partial charge in [0, 0.05) is 0 Å². The molecule has 23 heavy (non-hydrogen) atoms. The third kappa shape index (κ3) is 3.62. The second kappa shape index (κ2) is 6.19. The minimum Gasteiger partial charge on any atom is -0.376 e. The molecule has 4 nitrogen and oxygen atoms in total. The van der Waals surface area contributed by atoms with Crippen molar-refractivity contribution in [3.63, 3.8) is 0 Å². The highest BCUT2D eigenvalue weighted by atomic mass is 16.5. The molecule has 2 aliphatic rings. The number of hydrogen-bond donors (Lipinski definition) is 0. The average molecular weight is 319 g/mol. The zero-order valence-corrected chi connectivity index (χ0v) is 15.7. The highest BCUT2D eigenvalue weighted by Gasteiger charge is 2.50. The fourth-order valence-electron chi connectivity index (χ4n) is 3.99. The van der Waals surface area contributed by atoms with E-state index in [0.29, 0.717) is 12.0 Å². The monoisotopic (exact) mass is 319 g/mol. The van der Waals surface area contributed by atoms with Crippen LogP contribution >= 0.6 is 0 Å². The topological polar surface area (TPSA) is 39.9 Å². The molecule has 3 rings (SSSR count). The van der Waals surface area contributed by atoms with Crippen LogP contribution in [0, 0.1) is 23.7 Å². The van der Waals surface area contributed by atoms with Gasteiger partial charge < -0.3 is 4.74 Å². The van der Waals surface area contributed by atoms with Crippen LogP contribution in [-0.4, -0.2) is 27.2 Å². The van der Waals surface area contributed by atoms with E-state index in [2.05, 4.69) is 56.5 Å². The standard InChI is InChI=1S/C19H33N3O/c1-12(2)13(3)22-18-10-8-15-14(7-9-17(18)20-21-22)16(15)11-23-19(4,5)6/h12-16H,7-11H2,1-6H3. The normalized spacial score (nSPS) is 28.7. The maximum absolute atomic E-state index is 6.05. The van der Waals surface area contributed by atoms with Crippen molar-refractivity contribution >= 4 is 0 Å². The molecule has 1 heterocycles.